The summed E-state index contributed by atoms with van der Waals surface area (Å²) >= 11 is 0. The zero-order valence-corrected chi connectivity index (χ0v) is 12.0. The molecule has 0 aliphatic rings. The lowest BCUT2D eigenvalue weighted by Gasteiger charge is -2.01. The van der Waals surface area contributed by atoms with Crippen LogP contribution >= 0.6 is 0 Å². The lowest BCUT2D eigenvalue weighted by atomic mass is 10.2. The van der Waals surface area contributed by atoms with E-state index >= 15 is 0 Å². The highest BCUT2D eigenvalue weighted by atomic mass is 32.2. The maximum atomic E-state index is 12.5. The number of aromatic amines is 1. The van der Waals surface area contributed by atoms with E-state index in [-0.39, 0.29) is 10.1 Å². The Morgan fingerprint density at radius 2 is 1.70 bits per heavy atom. The Morgan fingerprint density at radius 1 is 1.00 bits per heavy atom. The molecule has 1 N–H and O–H groups in total. The van der Waals surface area contributed by atoms with Gasteiger partial charge in [-0.15, -0.1) is 0 Å². The van der Waals surface area contributed by atoms with Crippen LogP contribution in [-0.2, 0) is 9.84 Å². The zero-order chi connectivity index (χ0) is 14.3. The highest BCUT2D eigenvalue weighted by molar-refractivity contribution is 7.91. The number of hydrogen-bond donors (Lipinski definition) is 1. The molecule has 1 heterocycles. The van der Waals surface area contributed by atoms with Crippen molar-refractivity contribution in [2.24, 2.45) is 0 Å². The molecule has 3 rings (SSSR count). The molecule has 0 fully saturated rings. The Kier molecular flexibility index (Phi) is 2.87. The summed E-state index contributed by atoms with van der Waals surface area (Å²) in [5.41, 5.74) is 3.42. The standard InChI is InChI=1S/C15H14N2O2S/c1-10-6-8-12(9-7-10)20(18,19)15-16-13-5-3-4-11(2)14(13)17-15/h3-9H,1-2H3,(H,16,17). The molecular weight excluding hydrogens is 272 g/mol. The Balaban J connectivity index is 2.18. The first-order valence-electron chi connectivity index (χ1n) is 6.25. The number of H-pyrrole nitrogens is 1. The number of hydrogen-bond acceptors (Lipinski definition) is 3. The highest BCUT2D eigenvalue weighted by Crippen LogP contribution is 2.23. The van der Waals surface area contributed by atoms with Crippen molar-refractivity contribution in [2.75, 3.05) is 0 Å². The summed E-state index contributed by atoms with van der Waals surface area (Å²) in [5.74, 6) is 0. The Labute approximate surface area is 117 Å². The number of rotatable bonds is 2. The summed E-state index contributed by atoms with van der Waals surface area (Å²) in [6.07, 6.45) is 0. The summed E-state index contributed by atoms with van der Waals surface area (Å²) in [6.45, 7) is 3.84. The summed E-state index contributed by atoms with van der Waals surface area (Å²) in [4.78, 5) is 7.37. The number of fused-ring (bicyclic) bond motifs is 1. The average Bonchev–Trinajstić information content (AvgIpc) is 2.85. The van der Waals surface area contributed by atoms with Crippen LogP contribution < -0.4 is 0 Å². The van der Waals surface area contributed by atoms with Crippen molar-refractivity contribution in [1.82, 2.24) is 9.97 Å². The number of aryl methyl sites for hydroxylation is 2. The minimum absolute atomic E-state index is 0.00865. The number of para-hydroxylation sites is 1. The molecule has 0 unspecified atom stereocenters. The van der Waals surface area contributed by atoms with E-state index in [9.17, 15) is 8.42 Å². The molecule has 0 amide bonds. The fourth-order valence-corrected chi connectivity index (χ4v) is 3.28. The maximum Gasteiger partial charge on any atom is 0.239 e. The van der Waals surface area contributed by atoms with Gasteiger partial charge in [0, 0.05) is 0 Å². The SMILES string of the molecule is Cc1ccc(S(=O)(=O)c2nc3cccc(C)c3[nH]2)cc1. The highest BCUT2D eigenvalue weighted by Gasteiger charge is 2.22. The van der Waals surface area contributed by atoms with Crippen LogP contribution in [0.3, 0.4) is 0 Å². The molecular formula is C15H14N2O2S. The van der Waals surface area contributed by atoms with Crippen LogP contribution in [0, 0.1) is 13.8 Å². The molecule has 3 aromatic rings. The van der Waals surface area contributed by atoms with E-state index in [0.29, 0.717) is 5.52 Å². The van der Waals surface area contributed by atoms with Crippen LogP contribution in [0.2, 0.25) is 0 Å². The quantitative estimate of drug-likeness (QED) is 0.787. The Morgan fingerprint density at radius 3 is 2.35 bits per heavy atom. The molecule has 0 aliphatic heterocycles. The number of aromatic nitrogens is 2. The third kappa shape index (κ3) is 2.00. The van der Waals surface area contributed by atoms with E-state index in [1.807, 2.05) is 26.0 Å². The van der Waals surface area contributed by atoms with Gasteiger partial charge in [-0.1, -0.05) is 29.8 Å². The van der Waals surface area contributed by atoms with Crippen LogP contribution in [0.15, 0.2) is 52.5 Å². The van der Waals surface area contributed by atoms with Crippen LogP contribution in [-0.4, -0.2) is 18.4 Å². The van der Waals surface area contributed by atoms with Crippen molar-refractivity contribution in [2.45, 2.75) is 23.9 Å². The maximum absolute atomic E-state index is 12.5. The molecule has 0 atom stereocenters. The predicted molar refractivity (Wildman–Crippen MR) is 77.5 cm³/mol. The summed E-state index contributed by atoms with van der Waals surface area (Å²) in [6, 6.07) is 12.3. The van der Waals surface area contributed by atoms with Gasteiger partial charge < -0.3 is 4.98 Å². The lowest BCUT2D eigenvalue weighted by Crippen LogP contribution is -2.04. The van der Waals surface area contributed by atoms with Crippen molar-refractivity contribution in [3.05, 3.63) is 53.6 Å². The summed E-state index contributed by atoms with van der Waals surface area (Å²) in [7, 11) is -3.60. The first-order chi connectivity index (χ1) is 9.48. The van der Waals surface area contributed by atoms with Crippen LogP contribution in [0.4, 0.5) is 0 Å². The van der Waals surface area contributed by atoms with Crippen LogP contribution in [0.5, 0.6) is 0 Å². The van der Waals surface area contributed by atoms with E-state index in [4.69, 9.17) is 0 Å². The molecule has 4 nitrogen and oxygen atoms in total. The third-order valence-electron chi connectivity index (χ3n) is 3.29. The molecule has 0 radical (unpaired) electrons. The van der Waals surface area contributed by atoms with Gasteiger partial charge in [-0.25, -0.2) is 13.4 Å². The summed E-state index contributed by atoms with van der Waals surface area (Å²) in [5, 5.41) is -0.00865. The topological polar surface area (TPSA) is 62.8 Å². The van der Waals surface area contributed by atoms with Crippen LogP contribution in [0.25, 0.3) is 11.0 Å². The van der Waals surface area contributed by atoms with Crippen molar-refractivity contribution in [1.29, 1.82) is 0 Å². The number of imidazole rings is 1. The van der Waals surface area contributed by atoms with Crippen molar-refractivity contribution < 1.29 is 8.42 Å². The molecule has 1 aromatic heterocycles. The zero-order valence-electron chi connectivity index (χ0n) is 11.2. The van der Waals surface area contributed by atoms with Gasteiger partial charge in [0.1, 0.15) is 0 Å². The van der Waals surface area contributed by atoms with Crippen molar-refractivity contribution in [3.63, 3.8) is 0 Å². The molecule has 0 saturated heterocycles. The van der Waals surface area contributed by atoms with Gasteiger partial charge in [0.25, 0.3) is 0 Å². The fraction of sp³-hybridized carbons (Fsp3) is 0.133. The number of nitrogens with zero attached hydrogens (tertiary/aromatic N) is 1. The normalized spacial score (nSPS) is 11.9. The van der Waals surface area contributed by atoms with E-state index in [1.54, 1.807) is 30.3 Å². The van der Waals surface area contributed by atoms with Crippen molar-refractivity contribution >= 4 is 20.9 Å². The largest absolute Gasteiger partial charge is 0.328 e. The van der Waals surface area contributed by atoms with E-state index in [0.717, 1.165) is 16.6 Å². The van der Waals surface area contributed by atoms with Gasteiger partial charge in [-0.2, -0.15) is 0 Å². The third-order valence-corrected chi connectivity index (χ3v) is 4.89. The molecule has 0 bridgehead atoms. The molecule has 0 spiro atoms. The molecule has 0 saturated carbocycles. The summed E-state index contributed by atoms with van der Waals surface area (Å²) < 4.78 is 25.1. The van der Waals surface area contributed by atoms with E-state index in [1.165, 1.54) is 0 Å². The van der Waals surface area contributed by atoms with Gasteiger partial charge >= 0.3 is 0 Å². The van der Waals surface area contributed by atoms with Gasteiger partial charge in [0.05, 0.1) is 15.9 Å². The molecule has 2 aromatic carbocycles. The van der Waals surface area contributed by atoms with Gasteiger partial charge in [-0.3, -0.25) is 0 Å². The van der Waals surface area contributed by atoms with E-state index < -0.39 is 9.84 Å². The van der Waals surface area contributed by atoms with Gasteiger partial charge in [0.2, 0.25) is 15.0 Å². The second-order valence-electron chi connectivity index (χ2n) is 4.83. The Hall–Kier alpha value is -2.14. The molecule has 20 heavy (non-hydrogen) atoms. The monoisotopic (exact) mass is 286 g/mol. The number of benzene rings is 2. The first-order valence-corrected chi connectivity index (χ1v) is 7.74. The lowest BCUT2D eigenvalue weighted by molar-refractivity contribution is 0.589. The second-order valence-corrected chi connectivity index (χ2v) is 6.69. The van der Waals surface area contributed by atoms with Crippen LogP contribution in [0.1, 0.15) is 11.1 Å². The second kappa shape index (κ2) is 4.45. The minimum atomic E-state index is -3.60. The predicted octanol–water partition coefficient (Wildman–Crippen LogP) is 3.01. The Bertz CT molecular complexity index is 878. The van der Waals surface area contributed by atoms with Gasteiger partial charge in [-0.05, 0) is 37.6 Å². The smallest absolute Gasteiger partial charge is 0.239 e. The average molecular weight is 286 g/mol. The fourth-order valence-electron chi connectivity index (χ4n) is 2.11. The van der Waals surface area contributed by atoms with E-state index in [2.05, 4.69) is 9.97 Å². The van der Waals surface area contributed by atoms with Crippen molar-refractivity contribution in [3.8, 4) is 0 Å². The number of sulfone groups is 1. The molecule has 5 heteroatoms. The number of nitrogens with one attached hydrogen (secondary N) is 1. The molecule has 102 valence electrons. The van der Waals surface area contributed by atoms with Gasteiger partial charge in [0.15, 0.2) is 0 Å². The first kappa shape index (κ1) is 12.9. The minimum Gasteiger partial charge on any atom is -0.328 e. The molecule has 0 aliphatic carbocycles.